The molecule has 3 nitrogen and oxygen atoms in total. The van der Waals surface area contributed by atoms with Crippen LogP contribution in [0.2, 0.25) is 0 Å². The predicted octanol–water partition coefficient (Wildman–Crippen LogP) is 1.60. The van der Waals surface area contributed by atoms with Gasteiger partial charge in [-0.15, -0.1) is 6.58 Å². The van der Waals surface area contributed by atoms with Crippen LogP contribution in [-0.4, -0.2) is 6.79 Å². The van der Waals surface area contributed by atoms with Gasteiger partial charge in [-0.2, -0.15) is 0 Å². The molecule has 0 aliphatic carbocycles. The highest BCUT2D eigenvalue weighted by Crippen LogP contribution is 2.33. The van der Waals surface area contributed by atoms with Crippen LogP contribution in [0.5, 0.6) is 11.5 Å². The molecule has 1 heterocycles. The van der Waals surface area contributed by atoms with E-state index in [2.05, 4.69) is 6.58 Å². The maximum Gasteiger partial charge on any atom is 0.231 e. The van der Waals surface area contributed by atoms with Crippen molar-refractivity contribution in [3.8, 4) is 11.5 Å². The SMILES string of the molecule is C=CC(N)c1ccc2c(c1)OCO2. The minimum absolute atomic E-state index is 0.144. The zero-order valence-electron chi connectivity index (χ0n) is 7.19. The van der Waals surface area contributed by atoms with Gasteiger partial charge in [0.2, 0.25) is 6.79 Å². The van der Waals surface area contributed by atoms with Crippen LogP contribution in [0.4, 0.5) is 0 Å². The van der Waals surface area contributed by atoms with Gasteiger partial charge in [-0.05, 0) is 17.7 Å². The largest absolute Gasteiger partial charge is 0.454 e. The summed E-state index contributed by atoms with van der Waals surface area (Å²) in [5.74, 6) is 1.54. The second-order valence-corrected chi connectivity index (χ2v) is 2.87. The summed E-state index contributed by atoms with van der Waals surface area (Å²) in [6.45, 7) is 3.93. The first-order valence-corrected chi connectivity index (χ1v) is 4.09. The van der Waals surface area contributed by atoms with Gasteiger partial charge in [-0.1, -0.05) is 12.1 Å². The van der Waals surface area contributed by atoms with E-state index in [1.54, 1.807) is 6.08 Å². The molecule has 1 aromatic carbocycles. The lowest BCUT2D eigenvalue weighted by atomic mass is 10.1. The number of hydrogen-bond acceptors (Lipinski definition) is 3. The molecule has 1 atom stereocenters. The number of nitrogens with two attached hydrogens (primary N) is 1. The first-order valence-electron chi connectivity index (χ1n) is 4.09. The first kappa shape index (κ1) is 8.13. The molecule has 1 aromatic rings. The Morgan fingerprint density at radius 2 is 2.15 bits per heavy atom. The van der Waals surface area contributed by atoms with Crippen LogP contribution in [0.25, 0.3) is 0 Å². The molecule has 13 heavy (non-hydrogen) atoms. The molecule has 2 N–H and O–H groups in total. The summed E-state index contributed by atoms with van der Waals surface area (Å²) in [4.78, 5) is 0. The van der Waals surface area contributed by atoms with Crippen LogP contribution in [0.1, 0.15) is 11.6 Å². The van der Waals surface area contributed by atoms with Gasteiger partial charge in [0.15, 0.2) is 11.5 Å². The van der Waals surface area contributed by atoms with Crippen molar-refractivity contribution in [1.29, 1.82) is 0 Å². The smallest absolute Gasteiger partial charge is 0.231 e. The van der Waals surface area contributed by atoms with E-state index in [9.17, 15) is 0 Å². The lowest BCUT2D eigenvalue weighted by Crippen LogP contribution is -2.05. The average Bonchev–Trinajstić information content (AvgIpc) is 2.63. The number of fused-ring (bicyclic) bond motifs is 1. The quantitative estimate of drug-likeness (QED) is 0.698. The Kier molecular flexibility index (Phi) is 1.94. The maximum atomic E-state index is 5.77. The van der Waals surface area contributed by atoms with Crippen LogP contribution in [0, 0.1) is 0 Å². The standard InChI is InChI=1S/C10H11NO2/c1-2-8(11)7-3-4-9-10(5-7)13-6-12-9/h2-5,8H,1,6,11H2. The monoisotopic (exact) mass is 177 g/mol. The zero-order chi connectivity index (χ0) is 9.26. The molecule has 3 heteroatoms. The molecular weight excluding hydrogens is 166 g/mol. The van der Waals surface area contributed by atoms with Crippen molar-refractivity contribution in [3.63, 3.8) is 0 Å². The first-order chi connectivity index (χ1) is 6.31. The number of rotatable bonds is 2. The van der Waals surface area contributed by atoms with Crippen molar-refractivity contribution in [2.75, 3.05) is 6.79 Å². The van der Waals surface area contributed by atoms with Gasteiger partial charge in [-0.3, -0.25) is 0 Å². The maximum absolute atomic E-state index is 5.77. The topological polar surface area (TPSA) is 44.5 Å². The number of ether oxygens (including phenoxy) is 2. The van der Waals surface area contributed by atoms with E-state index in [4.69, 9.17) is 15.2 Å². The van der Waals surface area contributed by atoms with Gasteiger partial charge in [0.05, 0.1) is 0 Å². The Hall–Kier alpha value is -1.48. The predicted molar refractivity (Wildman–Crippen MR) is 49.7 cm³/mol. The van der Waals surface area contributed by atoms with Crippen LogP contribution < -0.4 is 15.2 Å². The lowest BCUT2D eigenvalue weighted by Gasteiger charge is -2.06. The summed E-state index contributed by atoms with van der Waals surface area (Å²) < 4.78 is 10.4. The van der Waals surface area contributed by atoms with Gasteiger partial charge in [0, 0.05) is 6.04 Å². The molecule has 0 aromatic heterocycles. The molecule has 2 rings (SSSR count). The summed E-state index contributed by atoms with van der Waals surface area (Å²) in [5.41, 5.74) is 6.76. The van der Waals surface area contributed by atoms with Gasteiger partial charge in [0.1, 0.15) is 0 Å². The van der Waals surface area contributed by atoms with Crippen molar-refractivity contribution in [2.45, 2.75) is 6.04 Å². The molecule has 68 valence electrons. The molecule has 0 spiro atoms. The summed E-state index contributed by atoms with van der Waals surface area (Å²) in [5, 5.41) is 0. The average molecular weight is 177 g/mol. The third-order valence-electron chi connectivity index (χ3n) is 2.04. The van der Waals surface area contributed by atoms with Crippen molar-refractivity contribution >= 4 is 0 Å². The Balaban J connectivity index is 2.35. The highest BCUT2D eigenvalue weighted by Gasteiger charge is 2.14. The summed E-state index contributed by atoms with van der Waals surface area (Å²) >= 11 is 0. The van der Waals surface area contributed by atoms with E-state index >= 15 is 0 Å². The van der Waals surface area contributed by atoms with E-state index in [0.717, 1.165) is 17.1 Å². The molecule has 0 radical (unpaired) electrons. The van der Waals surface area contributed by atoms with E-state index < -0.39 is 0 Å². The Bertz CT molecular complexity index is 336. The van der Waals surface area contributed by atoms with Crippen LogP contribution in [0.3, 0.4) is 0 Å². The Labute approximate surface area is 76.8 Å². The molecule has 1 unspecified atom stereocenters. The Morgan fingerprint density at radius 3 is 2.92 bits per heavy atom. The molecular formula is C10H11NO2. The van der Waals surface area contributed by atoms with Crippen molar-refractivity contribution in [1.82, 2.24) is 0 Å². The fraction of sp³-hybridized carbons (Fsp3) is 0.200. The van der Waals surface area contributed by atoms with Crippen molar-refractivity contribution in [2.24, 2.45) is 5.73 Å². The molecule has 1 aliphatic rings. The summed E-state index contributed by atoms with van der Waals surface area (Å²) in [6, 6.07) is 5.52. The third-order valence-corrected chi connectivity index (χ3v) is 2.04. The fourth-order valence-electron chi connectivity index (χ4n) is 1.26. The van der Waals surface area contributed by atoms with E-state index in [1.165, 1.54) is 0 Å². The molecule has 1 aliphatic heterocycles. The normalized spacial score (nSPS) is 15.5. The molecule has 0 amide bonds. The van der Waals surface area contributed by atoms with Crippen molar-refractivity contribution in [3.05, 3.63) is 36.4 Å². The van der Waals surface area contributed by atoms with Crippen molar-refractivity contribution < 1.29 is 9.47 Å². The van der Waals surface area contributed by atoms with Gasteiger partial charge in [0.25, 0.3) is 0 Å². The van der Waals surface area contributed by atoms with Crippen LogP contribution in [0.15, 0.2) is 30.9 Å². The molecule has 0 bridgehead atoms. The van der Waals surface area contributed by atoms with Gasteiger partial charge >= 0.3 is 0 Å². The van der Waals surface area contributed by atoms with Gasteiger partial charge < -0.3 is 15.2 Å². The number of hydrogen-bond donors (Lipinski definition) is 1. The van der Waals surface area contributed by atoms with Crippen LogP contribution >= 0.6 is 0 Å². The zero-order valence-corrected chi connectivity index (χ0v) is 7.19. The molecule has 0 saturated carbocycles. The van der Waals surface area contributed by atoms with Crippen LogP contribution in [-0.2, 0) is 0 Å². The number of benzene rings is 1. The summed E-state index contributed by atoms with van der Waals surface area (Å²) in [6.07, 6.45) is 1.69. The lowest BCUT2D eigenvalue weighted by molar-refractivity contribution is 0.174. The minimum atomic E-state index is -0.144. The highest BCUT2D eigenvalue weighted by atomic mass is 16.7. The van der Waals surface area contributed by atoms with Gasteiger partial charge in [-0.25, -0.2) is 0 Å². The molecule has 0 saturated heterocycles. The highest BCUT2D eigenvalue weighted by molar-refractivity contribution is 5.45. The van der Waals surface area contributed by atoms with E-state index in [1.807, 2.05) is 18.2 Å². The summed E-state index contributed by atoms with van der Waals surface area (Å²) in [7, 11) is 0. The molecule has 0 fully saturated rings. The Morgan fingerprint density at radius 1 is 1.38 bits per heavy atom. The second kappa shape index (κ2) is 3.11. The second-order valence-electron chi connectivity index (χ2n) is 2.87. The minimum Gasteiger partial charge on any atom is -0.454 e. The van der Waals surface area contributed by atoms with E-state index in [-0.39, 0.29) is 6.04 Å². The van der Waals surface area contributed by atoms with E-state index in [0.29, 0.717) is 6.79 Å². The third kappa shape index (κ3) is 1.38. The fourth-order valence-corrected chi connectivity index (χ4v) is 1.26.